The van der Waals surface area contributed by atoms with Gasteiger partial charge < -0.3 is 10.0 Å². The smallest absolute Gasteiger partial charge is 0.0931 e. The van der Waals surface area contributed by atoms with Crippen molar-refractivity contribution in [3.63, 3.8) is 0 Å². The maximum atomic E-state index is 9.54. The molecule has 1 aromatic carbocycles. The van der Waals surface area contributed by atoms with Crippen LogP contribution in [-0.2, 0) is 6.42 Å². The highest BCUT2D eigenvalue weighted by Crippen LogP contribution is 2.33. The molecule has 1 aliphatic rings. The maximum absolute atomic E-state index is 9.54. The highest BCUT2D eigenvalue weighted by molar-refractivity contribution is 5.67. The van der Waals surface area contributed by atoms with Gasteiger partial charge in [-0.15, -0.1) is 0 Å². The van der Waals surface area contributed by atoms with E-state index in [2.05, 4.69) is 35.0 Å². The molecule has 2 aromatic rings. The molecule has 1 N–H and O–H groups in total. The van der Waals surface area contributed by atoms with Crippen molar-refractivity contribution in [2.24, 2.45) is 0 Å². The van der Waals surface area contributed by atoms with Crippen LogP contribution in [0, 0.1) is 6.92 Å². The van der Waals surface area contributed by atoms with Gasteiger partial charge in [0, 0.05) is 12.2 Å². The molecule has 0 unspecified atom stereocenters. The van der Waals surface area contributed by atoms with Crippen molar-refractivity contribution in [3.8, 4) is 0 Å². The van der Waals surface area contributed by atoms with E-state index in [-0.39, 0.29) is 0 Å². The number of aliphatic hydroxyl groups is 1. The molecule has 0 spiro atoms. The Hall–Kier alpha value is -1.87. The van der Waals surface area contributed by atoms with E-state index in [1.165, 1.54) is 16.8 Å². The molecule has 0 saturated carbocycles. The topological polar surface area (TPSA) is 36.4 Å². The summed E-state index contributed by atoms with van der Waals surface area (Å²) in [5.74, 6) is 0. The van der Waals surface area contributed by atoms with Gasteiger partial charge in [-0.2, -0.15) is 0 Å². The van der Waals surface area contributed by atoms with Crippen molar-refractivity contribution in [3.05, 3.63) is 53.3 Å². The van der Waals surface area contributed by atoms with Crippen LogP contribution in [0.25, 0.3) is 0 Å². The zero-order chi connectivity index (χ0) is 14.1. The molecule has 0 radical (unpaired) electrons. The Morgan fingerprint density at radius 1 is 1.25 bits per heavy atom. The molecule has 0 fully saturated rings. The third-order valence-corrected chi connectivity index (χ3v) is 3.86. The second-order valence-electron chi connectivity index (χ2n) is 5.50. The van der Waals surface area contributed by atoms with Gasteiger partial charge in [0.2, 0.25) is 0 Å². The summed E-state index contributed by atoms with van der Waals surface area (Å²) in [4.78, 5) is 6.67. The average Bonchev–Trinajstić information content (AvgIpc) is 2.46. The number of hydrogen-bond acceptors (Lipinski definition) is 3. The maximum Gasteiger partial charge on any atom is 0.0931 e. The molecule has 2 heterocycles. The molecule has 3 rings (SSSR count). The standard InChI is InChI=1S/C17H20N2O/c1-12-5-8-17-14(10-12)4-3-9-19(17)15-6-7-16(13(2)20)18-11-15/h5-8,10-11,13,20H,3-4,9H2,1-2H3/t13-/m0/s1. The van der Waals surface area contributed by atoms with Gasteiger partial charge in [-0.05, 0) is 50.5 Å². The number of fused-ring (bicyclic) bond motifs is 1. The van der Waals surface area contributed by atoms with Gasteiger partial charge in [-0.3, -0.25) is 4.98 Å². The first kappa shape index (κ1) is 13.1. The predicted molar refractivity (Wildman–Crippen MR) is 81.4 cm³/mol. The second kappa shape index (κ2) is 5.25. The van der Waals surface area contributed by atoms with Crippen LogP contribution in [0.15, 0.2) is 36.5 Å². The largest absolute Gasteiger partial charge is 0.387 e. The van der Waals surface area contributed by atoms with E-state index in [0.29, 0.717) is 0 Å². The summed E-state index contributed by atoms with van der Waals surface area (Å²) in [6.07, 6.45) is 3.65. The van der Waals surface area contributed by atoms with E-state index in [1.807, 2.05) is 18.3 Å². The first-order chi connectivity index (χ1) is 9.65. The van der Waals surface area contributed by atoms with Gasteiger partial charge >= 0.3 is 0 Å². The highest BCUT2D eigenvalue weighted by Gasteiger charge is 2.18. The Morgan fingerprint density at radius 3 is 2.80 bits per heavy atom. The van der Waals surface area contributed by atoms with Crippen molar-refractivity contribution < 1.29 is 5.11 Å². The summed E-state index contributed by atoms with van der Waals surface area (Å²) in [6.45, 7) is 4.89. The fourth-order valence-corrected chi connectivity index (χ4v) is 2.80. The molecule has 104 valence electrons. The molecule has 0 amide bonds. The number of rotatable bonds is 2. The summed E-state index contributed by atoms with van der Waals surface area (Å²) in [5, 5.41) is 9.54. The van der Waals surface area contributed by atoms with E-state index in [0.717, 1.165) is 30.8 Å². The van der Waals surface area contributed by atoms with E-state index < -0.39 is 6.10 Å². The molecule has 1 aliphatic heterocycles. The summed E-state index contributed by atoms with van der Waals surface area (Å²) in [6, 6.07) is 10.6. The second-order valence-corrected chi connectivity index (χ2v) is 5.50. The van der Waals surface area contributed by atoms with Crippen LogP contribution in [0.3, 0.4) is 0 Å². The SMILES string of the molecule is Cc1ccc2c(c1)CCCN2c1ccc([C@H](C)O)nc1. The zero-order valence-corrected chi connectivity index (χ0v) is 12.0. The van der Waals surface area contributed by atoms with Crippen LogP contribution in [0.2, 0.25) is 0 Å². The molecule has 1 aromatic heterocycles. The van der Waals surface area contributed by atoms with Crippen molar-refractivity contribution in [1.29, 1.82) is 0 Å². The molecule has 0 saturated heterocycles. The summed E-state index contributed by atoms with van der Waals surface area (Å²) < 4.78 is 0. The van der Waals surface area contributed by atoms with Gasteiger partial charge in [-0.25, -0.2) is 0 Å². The fourth-order valence-electron chi connectivity index (χ4n) is 2.80. The van der Waals surface area contributed by atoms with E-state index in [1.54, 1.807) is 6.92 Å². The molecule has 1 atom stereocenters. The molecule has 3 heteroatoms. The Balaban J connectivity index is 1.96. The highest BCUT2D eigenvalue weighted by atomic mass is 16.3. The van der Waals surface area contributed by atoms with E-state index >= 15 is 0 Å². The number of nitrogens with zero attached hydrogens (tertiary/aromatic N) is 2. The molecular formula is C17H20N2O. The first-order valence-corrected chi connectivity index (χ1v) is 7.16. The minimum absolute atomic E-state index is 0.514. The van der Waals surface area contributed by atoms with Gasteiger partial charge in [0.1, 0.15) is 0 Å². The lowest BCUT2D eigenvalue weighted by molar-refractivity contribution is 0.194. The Bertz CT molecular complexity index is 605. The van der Waals surface area contributed by atoms with Gasteiger partial charge in [0.05, 0.1) is 23.7 Å². The van der Waals surface area contributed by atoms with Crippen LogP contribution in [-0.4, -0.2) is 16.6 Å². The van der Waals surface area contributed by atoms with Gasteiger partial charge in [0.15, 0.2) is 0 Å². The van der Waals surface area contributed by atoms with Gasteiger partial charge in [0.25, 0.3) is 0 Å². The monoisotopic (exact) mass is 268 g/mol. The average molecular weight is 268 g/mol. The molecule has 0 aliphatic carbocycles. The fraction of sp³-hybridized carbons (Fsp3) is 0.353. The Labute approximate surface area is 119 Å². The number of anilines is 2. The van der Waals surface area contributed by atoms with Crippen LogP contribution in [0.1, 0.15) is 36.3 Å². The summed E-state index contributed by atoms with van der Waals surface area (Å²) in [7, 11) is 0. The van der Waals surface area contributed by atoms with Crippen molar-refractivity contribution in [2.45, 2.75) is 32.8 Å². The number of hydrogen-bond donors (Lipinski definition) is 1. The lowest BCUT2D eigenvalue weighted by Crippen LogP contribution is -2.24. The number of aliphatic hydroxyl groups excluding tert-OH is 1. The number of pyridine rings is 1. The Kier molecular flexibility index (Phi) is 3.45. The lowest BCUT2D eigenvalue weighted by atomic mass is 9.99. The van der Waals surface area contributed by atoms with Crippen molar-refractivity contribution >= 4 is 11.4 Å². The summed E-state index contributed by atoms with van der Waals surface area (Å²) >= 11 is 0. The molecule has 0 bridgehead atoms. The van der Waals surface area contributed by atoms with Crippen LogP contribution < -0.4 is 4.90 Å². The number of benzene rings is 1. The third kappa shape index (κ3) is 2.41. The molecule has 20 heavy (non-hydrogen) atoms. The van der Waals surface area contributed by atoms with Crippen molar-refractivity contribution in [2.75, 3.05) is 11.4 Å². The minimum atomic E-state index is -0.514. The lowest BCUT2D eigenvalue weighted by Gasteiger charge is -2.31. The minimum Gasteiger partial charge on any atom is -0.387 e. The zero-order valence-electron chi connectivity index (χ0n) is 12.0. The predicted octanol–water partition coefficient (Wildman–Crippen LogP) is 3.53. The van der Waals surface area contributed by atoms with Crippen LogP contribution in [0.5, 0.6) is 0 Å². The van der Waals surface area contributed by atoms with Crippen LogP contribution >= 0.6 is 0 Å². The quantitative estimate of drug-likeness (QED) is 0.905. The normalized spacial score (nSPS) is 15.8. The number of aryl methyl sites for hydroxylation is 2. The Morgan fingerprint density at radius 2 is 2.10 bits per heavy atom. The first-order valence-electron chi connectivity index (χ1n) is 7.16. The van der Waals surface area contributed by atoms with Crippen LogP contribution in [0.4, 0.5) is 11.4 Å². The van der Waals surface area contributed by atoms with E-state index in [9.17, 15) is 5.11 Å². The third-order valence-electron chi connectivity index (χ3n) is 3.86. The van der Waals surface area contributed by atoms with Crippen molar-refractivity contribution in [1.82, 2.24) is 4.98 Å². The summed E-state index contributed by atoms with van der Waals surface area (Å²) in [5.41, 5.74) is 5.83. The molecular weight excluding hydrogens is 248 g/mol. The number of aromatic nitrogens is 1. The molecule has 3 nitrogen and oxygen atoms in total. The van der Waals surface area contributed by atoms with E-state index in [4.69, 9.17) is 0 Å². The van der Waals surface area contributed by atoms with Gasteiger partial charge in [-0.1, -0.05) is 17.7 Å².